The zero-order valence-corrected chi connectivity index (χ0v) is 26.2. The van der Waals surface area contributed by atoms with Gasteiger partial charge in [-0.3, -0.25) is 4.79 Å². The molecule has 5 rings (SSSR count). The topological polar surface area (TPSA) is 157 Å². The maximum absolute atomic E-state index is 13.4. The minimum Gasteiger partial charge on any atom is -0.393 e. The monoisotopic (exact) mass is 594 g/mol. The van der Waals surface area contributed by atoms with E-state index in [9.17, 15) is 35.4 Å². The second-order valence-corrected chi connectivity index (χ2v) is 15.5. The number of ketones is 1. The van der Waals surface area contributed by atoms with Gasteiger partial charge < -0.3 is 40.1 Å². The lowest BCUT2D eigenvalue weighted by molar-refractivity contribution is -0.317. The van der Waals surface area contributed by atoms with Crippen LogP contribution in [0.3, 0.4) is 0 Å². The van der Waals surface area contributed by atoms with E-state index in [-0.39, 0.29) is 34.9 Å². The Bertz CT molecular complexity index is 1060. The molecule has 0 unspecified atom stereocenters. The summed E-state index contributed by atoms with van der Waals surface area (Å²) in [6.45, 7) is 11.7. The van der Waals surface area contributed by atoms with Gasteiger partial charge in [0.15, 0.2) is 12.1 Å². The number of hydrogen-bond acceptors (Lipinski definition) is 9. The summed E-state index contributed by atoms with van der Waals surface area (Å²) in [4.78, 5) is 13.4. The highest BCUT2D eigenvalue weighted by Crippen LogP contribution is 2.68. The predicted molar refractivity (Wildman–Crippen MR) is 155 cm³/mol. The van der Waals surface area contributed by atoms with Crippen LogP contribution >= 0.6 is 0 Å². The summed E-state index contributed by atoms with van der Waals surface area (Å²) >= 11 is 0. The van der Waals surface area contributed by atoms with Gasteiger partial charge in [0, 0.05) is 11.3 Å². The summed E-state index contributed by atoms with van der Waals surface area (Å²) < 4.78 is 11.7. The maximum Gasteiger partial charge on any atom is 0.187 e. The van der Waals surface area contributed by atoms with E-state index in [1.165, 1.54) is 0 Å². The molecule has 1 aliphatic heterocycles. The average molecular weight is 595 g/mol. The van der Waals surface area contributed by atoms with Gasteiger partial charge >= 0.3 is 0 Å². The molecule has 14 atom stereocenters. The van der Waals surface area contributed by atoms with E-state index >= 15 is 0 Å². The van der Waals surface area contributed by atoms with E-state index in [0.717, 1.165) is 31.3 Å². The molecule has 0 spiro atoms. The van der Waals surface area contributed by atoms with Crippen LogP contribution in [0.2, 0.25) is 0 Å². The van der Waals surface area contributed by atoms with E-state index in [4.69, 9.17) is 9.47 Å². The molecule has 0 aromatic heterocycles. The third kappa shape index (κ3) is 5.14. The first-order valence-corrected chi connectivity index (χ1v) is 16.2. The summed E-state index contributed by atoms with van der Waals surface area (Å²) in [5.41, 5.74) is -1.69. The van der Waals surface area contributed by atoms with Gasteiger partial charge in [-0.25, -0.2) is 0 Å². The first-order chi connectivity index (χ1) is 19.4. The average Bonchev–Trinajstić information content (AvgIpc) is 3.21. The molecule has 0 aromatic rings. The van der Waals surface area contributed by atoms with Gasteiger partial charge in [-0.2, -0.15) is 0 Å². The van der Waals surface area contributed by atoms with Gasteiger partial charge in [0.05, 0.1) is 29.5 Å². The van der Waals surface area contributed by atoms with Crippen LogP contribution in [0.15, 0.2) is 11.6 Å². The largest absolute Gasteiger partial charge is 0.393 e. The van der Waals surface area contributed by atoms with Crippen LogP contribution in [-0.4, -0.2) is 90.5 Å². The van der Waals surface area contributed by atoms with Crippen LogP contribution in [0.4, 0.5) is 0 Å². The molecule has 9 heteroatoms. The molecule has 3 saturated carbocycles. The number of allylic oxidation sites excluding steroid dienone is 1. The SMILES string of the molecule is C[C@H]([C@H](O)CCC(C)(C)O[C@@H]1O[C@@H](C)[C@H](O)[C@@H](O)[C@H]1O)[C@H]1CC[C@@]2(O)C3=CC(=O)[C@@H]4C[C@@H](O)CC[C@]4(C)[C@H]3CC[C@]12C. The van der Waals surface area contributed by atoms with Crippen molar-refractivity contribution >= 4 is 5.78 Å². The van der Waals surface area contributed by atoms with E-state index in [1.807, 2.05) is 13.8 Å². The molecule has 42 heavy (non-hydrogen) atoms. The smallest absolute Gasteiger partial charge is 0.187 e. The maximum atomic E-state index is 13.4. The molecule has 0 aromatic carbocycles. The van der Waals surface area contributed by atoms with E-state index < -0.39 is 59.5 Å². The van der Waals surface area contributed by atoms with Crippen molar-refractivity contribution in [2.24, 2.45) is 34.5 Å². The summed E-state index contributed by atoms with van der Waals surface area (Å²) in [6.07, 6.45) is 0.850. The second-order valence-electron chi connectivity index (χ2n) is 15.5. The van der Waals surface area contributed by atoms with Gasteiger partial charge in [0.2, 0.25) is 0 Å². The molecule has 9 nitrogen and oxygen atoms in total. The highest BCUT2D eigenvalue weighted by atomic mass is 16.7. The molecule has 1 saturated heterocycles. The summed E-state index contributed by atoms with van der Waals surface area (Å²) in [6, 6.07) is 0. The molecule has 4 aliphatic carbocycles. The lowest BCUT2D eigenvalue weighted by atomic mass is 9.46. The molecule has 0 radical (unpaired) electrons. The molecule has 4 fully saturated rings. The lowest BCUT2D eigenvalue weighted by Gasteiger charge is -2.59. The number of aliphatic hydroxyl groups is 6. The minimum absolute atomic E-state index is 0.0439. The number of aliphatic hydroxyl groups excluding tert-OH is 5. The Morgan fingerprint density at radius 2 is 1.71 bits per heavy atom. The summed E-state index contributed by atoms with van der Waals surface area (Å²) in [5.74, 6) is -0.0518. The number of rotatable bonds is 7. The molecule has 1 heterocycles. The lowest BCUT2D eigenvalue weighted by Crippen LogP contribution is -2.59. The fourth-order valence-electron chi connectivity index (χ4n) is 9.71. The Morgan fingerprint density at radius 1 is 1.02 bits per heavy atom. The first kappa shape index (κ1) is 32.5. The second kappa shape index (κ2) is 11.2. The fourth-order valence-corrected chi connectivity index (χ4v) is 9.71. The van der Waals surface area contributed by atoms with Crippen molar-refractivity contribution in [1.82, 2.24) is 0 Å². The molecule has 240 valence electrons. The van der Waals surface area contributed by atoms with Crippen molar-refractivity contribution in [3.63, 3.8) is 0 Å². The number of hydrogen-bond donors (Lipinski definition) is 6. The normalized spacial score (nSPS) is 49.0. The van der Waals surface area contributed by atoms with Crippen molar-refractivity contribution < 1.29 is 44.9 Å². The summed E-state index contributed by atoms with van der Waals surface area (Å²) in [7, 11) is 0. The Kier molecular flexibility index (Phi) is 8.63. The molecule has 0 amide bonds. The van der Waals surface area contributed by atoms with Crippen LogP contribution in [0.1, 0.15) is 99.3 Å². The predicted octanol–water partition coefficient (Wildman–Crippen LogP) is 2.62. The molecular weight excluding hydrogens is 540 g/mol. The Balaban J connectivity index is 1.26. The van der Waals surface area contributed by atoms with Crippen LogP contribution in [0.25, 0.3) is 0 Å². The Hall–Kier alpha value is -0.910. The Labute approximate surface area is 250 Å². The van der Waals surface area contributed by atoms with Gasteiger partial charge in [-0.1, -0.05) is 20.8 Å². The van der Waals surface area contributed by atoms with Crippen molar-refractivity contribution in [3.8, 4) is 0 Å². The van der Waals surface area contributed by atoms with E-state index in [1.54, 1.807) is 13.0 Å². The quantitative estimate of drug-likeness (QED) is 0.261. The number of carbonyl (C=O) groups is 1. The minimum atomic E-state index is -1.39. The van der Waals surface area contributed by atoms with Crippen LogP contribution in [0, 0.1) is 34.5 Å². The highest BCUT2D eigenvalue weighted by Gasteiger charge is 2.66. The van der Waals surface area contributed by atoms with Crippen molar-refractivity contribution in [2.75, 3.05) is 0 Å². The first-order valence-electron chi connectivity index (χ1n) is 16.2. The van der Waals surface area contributed by atoms with E-state index in [0.29, 0.717) is 32.1 Å². The fraction of sp³-hybridized carbons (Fsp3) is 0.909. The third-order valence-electron chi connectivity index (χ3n) is 12.7. The third-order valence-corrected chi connectivity index (χ3v) is 12.7. The highest BCUT2D eigenvalue weighted by molar-refractivity contribution is 5.95. The number of fused-ring (bicyclic) bond motifs is 5. The zero-order chi connectivity index (χ0) is 31.0. The van der Waals surface area contributed by atoms with Gasteiger partial charge in [-0.15, -0.1) is 0 Å². The molecular formula is C33H54O9. The molecule has 0 bridgehead atoms. The van der Waals surface area contributed by atoms with Crippen molar-refractivity contribution in [3.05, 3.63) is 11.6 Å². The zero-order valence-electron chi connectivity index (χ0n) is 26.2. The van der Waals surface area contributed by atoms with Gasteiger partial charge in [0.25, 0.3) is 0 Å². The molecule has 5 aliphatic rings. The summed E-state index contributed by atoms with van der Waals surface area (Å²) in [5, 5.41) is 64.6. The van der Waals surface area contributed by atoms with Crippen molar-refractivity contribution in [1.29, 1.82) is 0 Å². The Morgan fingerprint density at radius 3 is 2.40 bits per heavy atom. The number of carbonyl (C=O) groups excluding carboxylic acids is 1. The standard InChI is InChI=1S/C33H54O9/c1-17(24(35)10-11-30(3,4)42-29-28(39)27(38)26(37)18(2)41-29)20-9-14-33(40)22-16-25(36)23-15-19(34)7-12-31(23,5)21(22)8-13-32(20,33)6/h16-21,23-24,26-29,34-35,37-40H,7-15H2,1-6H3/t17-,18-,19-,20+,21-,23-,24+,26-,27+,28+,29-,31+,32+,33+/m0/s1. The van der Waals surface area contributed by atoms with E-state index in [2.05, 4.69) is 20.8 Å². The van der Waals surface area contributed by atoms with Crippen molar-refractivity contribution in [2.45, 2.75) is 153 Å². The number of ether oxygens (including phenoxy) is 2. The van der Waals surface area contributed by atoms with Crippen LogP contribution in [0.5, 0.6) is 0 Å². The van der Waals surface area contributed by atoms with Gasteiger partial charge in [-0.05, 0) is 113 Å². The molecule has 6 N–H and O–H groups in total. The van der Waals surface area contributed by atoms with Crippen LogP contribution < -0.4 is 0 Å². The van der Waals surface area contributed by atoms with Crippen LogP contribution in [-0.2, 0) is 14.3 Å². The van der Waals surface area contributed by atoms with Gasteiger partial charge in [0.1, 0.15) is 18.3 Å².